The largest absolute Gasteiger partial charge is 0.451 e. The molecule has 0 radical (unpaired) electrons. The van der Waals surface area contributed by atoms with Crippen molar-refractivity contribution in [2.45, 2.75) is 19.4 Å². The molecule has 3 aromatic carbocycles. The Morgan fingerprint density at radius 1 is 0.918 bits per heavy atom. The average molecular weight is 687 g/mol. The fourth-order valence-corrected chi connectivity index (χ4v) is 5.78. The van der Waals surface area contributed by atoms with E-state index >= 15 is 0 Å². The van der Waals surface area contributed by atoms with Gasteiger partial charge in [-0.05, 0) is 62.1 Å². The lowest BCUT2D eigenvalue weighted by atomic mass is 10.0. The Kier molecular flexibility index (Phi) is 11.3. The minimum absolute atomic E-state index is 0.157. The maximum atomic E-state index is 14.0. The van der Waals surface area contributed by atoms with Crippen LogP contribution < -0.4 is 26.3 Å². The van der Waals surface area contributed by atoms with Gasteiger partial charge in [-0.3, -0.25) is 24.0 Å². The first-order valence-electron chi connectivity index (χ1n) is 15.9. The Morgan fingerprint density at radius 3 is 2.33 bits per heavy atom. The highest BCUT2D eigenvalue weighted by Crippen LogP contribution is 2.23. The highest BCUT2D eigenvalue weighted by Gasteiger charge is 2.31. The molecule has 1 aromatic heterocycles. The van der Waals surface area contributed by atoms with Crippen molar-refractivity contribution < 1.29 is 23.6 Å². The molecule has 0 saturated carbocycles. The molecule has 256 valence electrons. The van der Waals surface area contributed by atoms with Gasteiger partial charge in [0.05, 0.1) is 10.9 Å². The molecule has 1 fully saturated rings. The molecule has 1 aliphatic heterocycles. The van der Waals surface area contributed by atoms with Gasteiger partial charge in [0.25, 0.3) is 11.8 Å². The number of hydrogen-bond acceptors (Lipinski definition) is 8. The number of anilines is 2. The first kappa shape index (κ1) is 35.1. The second-order valence-corrected chi connectivity index (χ2v) is 12.5. The van der Waals surface area contributed by atoms with Crippen LogP contribution >= 0.6 is 11.6 Å². The lowest BCUT2D eigenvalue weighted by Gasteiger charge is -2.38. The van der Waals surface area contributed by atoms with Crippen LogP contribution in [0.4, 0.5) is 11.4 Å². The van der Waals surface area contributed by atoms with E-state index in [1.54, 1.807) is 41.3 Å². The number of carbonyl (C=O) groups is 4. The normalized spacial score (nSPS) is 13.7. The van der Waals surface area contributed by atoms with E-state index in [-0.39, 0.29) is 40.9 Å². The van der Waals surface area contributed by atoms with E-state index < -0.39 is 17.4 Å². The number of halogens is 1. The first-order chi connectivity index (χ1) is 23.5. The SMILES string of the molecule is CC(=O)Nc1ccc2oc(C(=O)N[C@H](Cc3ccc(Cl)cc3)C(=O)N3CCN(c4ccccc4C(=O)NCCN(C)C)CC3)cc(=O)c2c1. The summed E-state index contributed by atoms with van der Waals surface area (Å²) in [5.74, 6) is -1.70. The van der Waals surface area contributed by atoms with E-state index in [0.29, 0.717) is 49.0 Å². The maximum absolute atomic E-state index is 14.0. The molecule has 4 aromatic rings. The molecular formula is C36H39ClN6O6. The zero-order valence-electron chi connectivity index (χ0n) is 27.6. The predicted octanol–water partition coefficient (Wildman–Crippen LogP) is 3.39. The van der Waals surface area contributed by atoms with E-state index in [9.17, 15) is 24.0 Å². The Balaban J connectivity index is 1.31. The van der Waals surface area contributed by atoms with Crippen molar-refractivity contribution in [3.05, 3.63) is 105 Å². The molecule has 49 heavy (non-hydrogen) atoms. The number of rotatable bonds is 11. The van der Waals surface area contributed by atoms with Crippen molar-refractivity contribution in [3.8, 4) is 0 Å². The molecule has 0 aliphatic carbocycles. The van der Waals surface area contributed by atoms with Gasteiger partial charge in [0, 0.05) is 75.1 Å². The number of para-hydroxylation sites is 1. The van der Waals surface area contributed by atoms with Crippen LogP contribution in [0.1, 0.15) is 33.4 Å². The summed E-state index contributed by atoms with van der Waals surface area (Å²) in [6.45, 7) is 4.29. The van der Waals surface area contributed by atoms with Crippen LogP contribution in [0.25, 0.3) is 11.0 Å². The summed E-state index contributed by atoms with van der Waals surface area (Å²) in [5, 5.41) is 9.12. The monoisotopic (exact) mass is 686 g/mol. The summed E-state index contributed by atoms with van der Waals surface area (Å²) in [6, 6.07) is 19.1. The number of nitrogens with one attached hydrogen (secondary N) is 3. The molecule has 0 unspecified atom stereocenters. The van der Waals surface area contributed by atoms with Gasteiger partial charge >= 0.3 is 0 Å². The fourth-order valence-electron chi connectivity index (χ4n) is 5.65. The van der Waals surface area contributed by atoms with Crippen molar-refractivity contribution in [1.82, 2.24) is 20.4 Å². The summed E-state index contributed by atoms with van der Waals surface area (Å²) in [4.78, 5) is 70.7. The Labute approximate surface area is 289 Å². The van der Waals surface area contributed by atoms with Gasteiger partial charge in [0.15, 0.2) is 11.2 Å². The minimum Gasteiger partial charge on any atom is -0.451 e. The third kappa shape index (κ3) is 9.04. The van der Waals surface area contributed by atoms with E-state index in [1.807, 2.05) is 37.2 Å². The van der Waals surface area contributed by atoms with Crippen LogP contribution in [-0.2, 0) is 16.0 Å². The number of benzene rings is 3. The molecule has 0 bridgehead atoms. The number of amides is 4. The summed E-state index contributed by atoms with van der Waals surface area (Å²) in [5.41, 5.74) is 2.25. The molecule has 1 saturated heterocycles. The molecule has 5 rings (SSSR count). The van der Waals surface area contributed by atoms with E-state index in [2.05, 4.69) is 20.9 Å². The second-order valence-electron chi connectivity index (χ2n) is 12.1. The van der Waals surface area contributed by atoms with Gasteiger partial charge < -0.3 is 35.1 Å². The lowest BCUT2D eigenvalue weighted by Crippen LogP contribution is -2.55. The van der Waals surface area contributed by atoms with E-state index in [0.717, 1.165) is 23.9 Å². The molecule has 1 aliphatic rings. The van der Waals surface area contributed by atoms with Gasteiger partial charge in [-0.15, -0.1) is 0 Å². The minimum atomic E-state index is -0.974. The van der Waals surface area contributed by atoms with Crippen molar-refractivity contribution in [3.63, 3.8) is 0 Å². The molecule has 13 heteroatoms. The smallest absolute Gasteiger partial charge is 0.287 e. The third-order valence-electron chi connectivity index (χ3n) is 8.15. The van der Waals surface area contributed by atoms with Crippen molar-refractivity contribution in [2.75, 3.05) is 63.6 Å². The number of fused-ring (bicyclic) bond motifs is 1. The quantitative estimate of drug-likeness (QED) is 0.218. The number of hydrogen-bond donors (Lipinski definition) is 3. The number of carbonyl (C=O) groups excluding carboxylic acids is 4. The first-order valence-corrected chi connectivity index (χ1v) is 16.3. The van der Waals surface area contributed by atoms with Crippen LogP contribution in [0.5, 0.6) is 0 Å². The molecule has 0 spiro atoms. The predicted molar refractivity (Wildman–Crippen MR) is 189 cm³/mol. The lowest BCUT2D eigenvalue weighted by molar-refractivity contribution is -0.133. The zero-order valence-corrected chi connectivity index (χ0v) is 28.4. The Morgan fingerprint density at radius 2 is 1.63 bits per heavy atom. The summed E-state index contributed by atoms with van der Waals surface area (Å²) in [6.07, 6.45) is 0.176. The average Bonchev–Trinajstić information content (AvgIpc) is 3.08. The van der Waals surface area contributed by atoms with Gasteiger partial charge in [-0.1, -0.05) is 35.9 Å². The Bertz CT molecular complexity index is 1900. The van der Waals surface area contributed by atoms with Gasteiger partial charge in [-0.2, -0.15) is 0 Å². The molecule has 2 heterocycles. The standard InChI is InChI=1S/C36H39ClN6O6/c1-23(44)39-26-12-13-32-28(21-26)31(45)22-33(49-32)35(47)40-29(20-24-8-10-25(37)11-9-24)36(48)43-18-16-42(17-19-43)30-7-5-4-6-27(30)34(46)38-14-15-41(2)3/h4-13,21-22,29H,14-20H2,1-3H3,(H,38,46)(H,39,44)(H,40,47)/t29-/m1/s1. The van der Waals surface area contributed by atoms with Gasteiger partial charge in [0.2, 0.25) is 11.8 Å². The molecule has 12 nitrogen and oxygen atoms in total. The number of piperazine rings is 1. The highest BCUT2D eigenvalue weighted by molar-refractivity contribution is 6.30. The van der Waals surface area contributed by atoms with E-state index in [1.165, 1.54) is 19.1 Å². The van der Waals surface area contributed by atoms with Crippen LogP contribution in [0, 0.1) is 0 Å². The van der Waals surface area contributed by atoms with Gasteiger partial charge in [-0.25, -0.2) is 0 Å². The van der Waals surface area contributed by atoms with E-state index in [4.69, 9.17) is 16.0 Å². The Hall–Kier alpha value is -5.20. The summed E-state index contributed by atoms with van der Waals surface area (Å²) < 4.78 is 5.78. The third-order valence-corrected chi connectivity index (χ3v) is 8.41. The zero-order chi connectivity index (χ0) is 35.1. The number of nitrogens with zero attached hydrogens (tertiary/aromatic N) is 3. The molecular weight excluding hydrogens is 648 g/mol. The van der Waals surface area contributed by atoms with Crippen LogP contribution in [0.2, 0.25) is 5.02 Å². The maximum Gasteiger partial charge on any atom is 0.287 e. The van der Waals surface area contributed by atoms with Crippen LogP contribution in [-0.4, -0.2) is 92.8 Å². The van der Waals surface area contributed by atoms with Gasteiger partial charge in [0.1, 0.15) is 11.6 Å². The highest BCUT2D eigenvalue weighted by atomic mass is 35.5. The summed E-state index contributed by atoms with van der Waals surface area (Å²) in [7, 11) is 3.89. The summed E-state index contributed by atoms with van der Waals surface area (Å²) >= 11 is 6.09. The molecule has 4 amide bonds. The molecule has 3 N–H and O–H groups in total. The molecule has 1 atom stereocenters. The van der Waals surface area contributed by atoms with Crippen LogP contribution in [0.3, 0.4) is 0 Å². The van der Waals surface area contributed by atoms with Crippen molar-refractivity contribution >= 4 is 57.6 Å². The van der Waals surface area contributed by atoms with Crippen LogP contribution in [0.15, 0.2) is 82.0 Å². The second kappa shape index (κ2) is 15.8. The topological polar surface area (TPSA) is 144 Å². The fraction of sp³-hybridized carbons (Fsp3) is 0.306. The van der Waals surface area contributed by atoms with Crippen molar-refractivity contribution in [2.24, 2.45) is 0 Å². The van der Waals surface area contributed by atoms with Crippen molar-refractivity contribution in [1.29, 1.82) is 0 Å². The number of likely N-dealkylation sites (N-methyl/N-ethyl adjacent to an activating group) is 1.